The van der Waals surface area contributed by atoms with Crippen LogP contribution in [0.3, 0.4) is 0 Å². The fourth-order valence-corrected chi connectivity index (χ4v) is 7.69. The lowest BCUT2D eigenvalue weighted by molar-refractivity contribution is 0.669. The molecule has 0 unspecified atom stereocenters. The largest absolute Gasteiger partial charge is 0.456 e. The van der Waals surface area contributed by atoms with Gasteiger partial charge in [-0.1, -0.05) is 140 Å². The van der Waals surface area contributed by atoms with Crippen LogP contribution in [-0.2, 0) is 0 Å². The minimum atomic E-state index is 0.925. The maximum atomic E-state index is 6.27. The lowest BCUT2D eigenvalue weighted by Crippen LogP contribution is -1.92. The summed E-state index contributed by atoms with van der Waals surface area (Å²) in [5.41, 5.74) is 6.88. The second kappa shape index (κ2) is 9.29. The lowest BCUT2D eigenvalue weighted by atomic mass is 9.84. The van der Waals surface area contributed by atoms with Crippen molar-refractivity contribution in [3.63, 3.8) is 0 Å². The second-order valence-electron chi connectivity index (χ2n) is 12.0. The summed E-state index contributed by atoms with van der Waals surface area (Å²) < 4.78 is 6.27. The number of rotatable bonds is 2. The number of hydrogen-bond donors (Lipinski definition) is 0. The van der Waals surface area contributed by atoms with E-state index in [4.69, 9.17) is 4.42 Å². The van der Waals surface area contributed by atoms with E-state index in [1.807, 2.05) is 6.07 Å². The Morgan fingerprint density at radius 2 is 0.889 bits per heavy atom. The van der Waals surface area contributed by atoms with E-state index in [0.717, 1.165) is 16.6 Å². The molecule has 45 heavy (non-hydrogen) atoms. The quantitative estimate of drug-likeness (QED) is 0.149. The third-order valence-corrected chi connectivity index (χ3v) is 9.64. The fourth-order valence-electron chi connectivity index (χ4n) is 7.69. The molecule has 9 aromatic carbocycles. The molecule has 208 valence electrons. The third kappa shape index (κ3) is 3.50. The lowest BCUT2D eigenvalue weighted by Gasteiger charge is -2.19. The topological polar surface area (TPSA) is 13.1 Å². The zero-order valence-electron chi connectivity index (χ0n) is 24.4. The average Bonchev–Trinajstić information content (AvgIpc) is 3.49. The van der Waals surface area contributed by atoms with Gasteiger partial charge in [0.05, 0.1) is 0 Å². The van der Waals surface area contributed by atoms with Crippen LogP contribution in [-0.4, -0.2) is 0 Å². The molecule has 0 aliphatic carbocycles. The highest BCUT2D eigenvalue weighted by molar-refractivity contribution is 6.26. The highest BCUT2D eigenvalue weighted by Crippen LogP contribution is 2.46. The normalized spacial score (nSPS) is 12.0. The number of benzene rings is 9. The molecule has 0 aliphatic rings. The number of para-hydroxylation sites is 1. The summed E-state index contributed by atoms with van der Waals surface area (Å²) >= 11 is 0. The Morgan fingerprint density at radius 3 is 1.67 bits per heavy atom. The van der Waals surface area contributed by atoms with Gasteiger partial charge in [0.1, 0.15) is 11.2 Å². The predicted octanol–water partition coefficient (Wildman–Crippen LogP) is 12.7. The zero-order valence-corrected chi connectivity index (χ0v) is 24.4. The molecular formula is C44H26O. The first-order valence-corrected chi connectivity index (χ1v) is 15.5. The number of hydrogen-bond acceptors (Lipinski definition) is 1. The SMILES string of the molecule is c1ccc2c(c1)ccc1c(-c3c4ccccc4c(-c4ccc5ccc6oc7ccccc7c6c5c4)c4ccccc34)cccc12. The van der Waals surface area contributed by atoms with Crippen molar-refractivity contribution in [2.75, 3.05) is 0 Å². The van der Waals surface area contributed by atoms with Gasteiger partial charge < -0.3 is 4.42 Å². The summed E-state index contributed by atoms with van der Waals surface area (Å²) in [4.78, 5) is 0. The van der Waals surface area contributed by atoms with Crippen LogP contribution >= 0.6 is 0 Å². The zero-order chi connectivity index (χ0) is 29.5. The first kappa shape index (κ1) is 24.5. The van der Waals surface area contributed by atoms with Crippen molar-refractivity contribution in [2.24, 2.45) is 0 Å². The smallest absolute Gasteiger partial charge is 0.136 e. The van der Waals surface area contributed by atoms with Gasteiger partial charge in [0.2, 0.25) is 0 Å². The molecule has 0 saturated heterocycles. The van der Waals surface area contributed by atoms with Crippen molar-refractivity contribution in [1.82, 2.24) is 0 Å². The van der Waals surface area contributed by atoms with Crippen LogP contribution < -0.4 is 0 Å². The molecule has 0 saturated carbocycles. The van der Waals surface area contributed by atoms with Crippen LogP contribution in [0.15, 0.2) is 162 Å². The molecule has 0 bridgehead atoms. The molecule has 0 N–H and O–H groups in total. The summed E-state index contributed by atoms with van der Waals surface area (Å²) in [5.74, 6) is 0. The van der Waals surface area contributed by atoms with Gasteiger partial charge >= 0.3 is 0 Å². The number of fused-ring (bicyclic) bond motifs is 10. The summed E-state index contributed by atoms with van der Waals surface area (Å²) in [5, 5.41) is 14.9. The van der Waals surface area contributed by atoms with Gasteiger partial charge in [-0.05, 0) is 94.3 Å². The molecule has 0 aliphatic heterocycles. The van der Waals surface area contributed by atoms with E-state index in [2.05, 4.69) is 152 Å². The minimum Gasteiger partial charge on any atom is -0.456 e. The Hall–Kier alpha value is -5.92. The second-order valence-corrected chi connectivity index (χ2v) is 12.0. The average molecular weight is 571 g/mol. The molecule has 0 spiro atoms. The summed E-state index contributed by atoms with van der Waals surface area (Å²) in [7, 11) is 0. The summed E-state index contributed by atoms with van der Waals surface area (Å²) in [6.07, 6.45) is 0. The minimum absolute atomic E-state index is 0.925. The monoisotopic (exact) mass is 570 g/mol. The van der Waals surface area contributed by atoms with Gasteiger partial charge in [0.25, 0.3) is 0 Å². The summed E-state index contributed by atoms with van der Waals surface area (Å²) in [6.45, 7) is 0. The molecule has 1 aromatic heterocycles. The van der Waals surface area contributed by atoms with Crippen molar-refractivity contribution in [1.29, 1.82) is 0 Å². The van der Waals surface area contributed by atoms with E-state index in [-0.39, 0.29) is 0 Å². The predicted molar refractivity (Wildman–Crippen MR) is 192 cm³/mol. The van der Waals surface area contributed by atoms with Crippen LogP contribution in [0.1, 0.15) is 0 Å². The van der Waals surface area contributed by atoms with Crippen LogP contribution in [0.2, 0.25) is 0 Å². The highest BCUT2D eigenvalue weighted by atomic mass is 16.3. The van der Waals surface area contributed by atoms with E-state index in [9.17, 15) is 0 Å². The molecular weight excluding hydrogens is 544 g/mol. The molecule has 0 fully saturated rings. The van der Waals surface area contributed by atoms with E-state index in [1.165, 1.54) is 81.5 Å². The Labute approximate surface area is 259 Å². The van der Waals surface area contributed by atoms with Gasteiger partial charge in [-0.15, -0.1) is 0 Å². The maximum absolute atomic E-state index is 6.27. The third-order valence-electron chi connectivity index (χ3n) is 9.64. The first-order valence-electron chi connectivity index (χ1n) is 15.5. The van der Waals surface area contributed by atoms with Gasteiger partial charge in [-0.25, -0.2) is 0 Å². The van der Waals surface area contributed by atoms with Crippen LogP contribution in [0.4, 0.5) is 0 Å². The van der Waals surface area contributed by atoms with Gasteiger partial charge in [0.15, 0.2) is 0 Å². The molecule has 10 aromatic rings. The van der Waals surface area contributed by atoms with Crippen molar-refractivity contribution in [3.05, 3.63) is 158 Å². The van der Waals surface area contributed by atoms with Crippen molar-refractivity contribution < 1.29 is 4.42 Å². The molecule has 10 rings (SSSR count). The standard InChI is InChI=1S/C44H26O/c1-2-11-30-27(10-1)22-24-32-31(30)17-9-18-33(32)43-36-14-5-3-12-34(36)42(35-13-4-6-15-37(35)43)29-21-20-28-23-25-41-44(39(28)26-29)38-16-7-8-19-40(38)45-41/h1-26H. The van der Waals surface area contributed by atoms with Crippen LogP contribution in [0, 0.1) is 0 Å². The van der Waals surface area contributed by atoms with Crippen LogP contribution in [0.25, 0.3) is 98.1 Å². The first-order chi connectivity index (χ1) is 22.3. The molecule has 1 heterocycles. The van der Waals surface area contributed by atoms with Crippen molar-refractivity contribution >= 4 is 75.8 Å². The van der Waals surface area contributed by atoms with E-state index >= 15 is 0 Å². The highest BCUT2D eigenvalue weighted by Gasteiger charge is 2.19. The van der Waals surface area contributed by atoms with Gasteiger partial charge in [-0.2, -0.15) is 0 Å². The maximum Gasteiger partial charge on any atom is 0.136 e. The van der Waals surface area contributed by atoms with Crippen molar-refractivity contribution in [2.45, 2.75) is 0 Å². The molecule has 0 radical (unpaired) electrons. The Kier molecular flexibility index (Phi) is 5.06. The van der Waals surface area contributed by atoms with Crippen molar-refractivity contribution in [3.8, 4) is 22.3 Å². The van der Waals surface area contributed by atoms with E-state index in [1.54, 1.807) is 0 Å². The van der Waals surface area contributed by atoms with Gasteiger partial charge in [-0.3, -0.25) is 0 Å². The molecule has 0 atom stereocenters. The van der Waals surface area contributed by atoms with Gasteiger partial charge in [0, 0.05) is 10.8 Å². The number of furan rings is 1. The molecule has 0 amide bonds. The van der Waals surface area contributed by atoms with E-state index < -0.39 is 0 Å². The Morgan fingerprint density at radius 1 is 0.311 bits per heavy atom. The Balaban J connectivity index is 1.32. The van der Waals surface area contributed by atoms with E-state index in [0.29, 0.717) is 0 Å². The Bertz CT molecular complexity index is 2760. The summed E-state index contributed by atoms with van der Waals surface area (Å²) in [6, 6.07) is 57.4. The molecule has 1 nitrogen and oxygen atoms in total. The van der Waals surface area contributed by atoms with Crippen LogP contribution in [0.5, 0.6) is 0 Å². The molecule has 1 heteroatoms. The fraction of sp³-hybridized carbons (Fsp3) is 0.